The van der Waals surface area contributed by atoms with Gasteiger partial charge in [-0.1, -0.05) is 140 Å². The lowest BCUT2D eigenvalue weighted by Gasteiger charge is -2.03. The molecular weight excluding hydrogens is 394 g/mol. The minimum absolute atomic E-state index is 0.359. The van der Waals surface area contributed by atoms with Crippen molar-refractivity contribution in [2.75, 3.05) is 6.54 Å². The normalized spacial score (nSPS) is 10.7. The maximum atomic E-state index is 10.8. The van der Waals surface area contributed by atoms with E-state index in [1.807, 2.05) is 30.3 Å². The highest BCUT2D eigenvalue weighted by molar-refractivity contribution is 6.03. The van der Waals surface area contributed by atoms with Crippen molar-refractivity contribution in [2.24, 2.45) is 5.73 Å². The van der Waals surface area contributed by atoms with Crippen LogP contribution in [-0.4, -0.2) is 17.6 Å². The van der Waals surface area contributed by atoms with Crippen molar-refractivity contribution in [3.05, 3.63) is 48.0 Å². The van der Waals surface area contributed by atoms with Crippen molar-refractivity contribution in [2.45, 2.75) is 110 Å². The van der Waals surface area contributed by atoms with Gasteiger partial charge in [-0.3, -0.25) is 0 Å². The van der Waals surface area contributed by atoms with Crippen molar-refractivity contribution < 1.29 is 9.90 Å². The van der Waals surface area contributed by atoms with E-state index in [1.165, 1.54) is 103 Å². The number of carboxylic acid groups (broad SMARTS) is 1. The van der Waals surface area contributed by atoms with Crippen LogP contribution in [0.4, 0.5) is 0 Å². The van der Waals surface area contributed by atoms with Crippen LogP contribution in [0.5, 0.6) is 0 Å². The third kappa shape index (κ3) is 13.5. The summed E-state index contributed by atoms with van der Waals surface area (Å²) < 4.78 is 0. The fraction of sp³-hybridized carbons (Fsp3) is 0.621. The highest BCUT2D eigenvalue weighted by Crippen LogP contribution is 2.18. The van der Waals surface area contributed by atoms with Crippen molar-refractivity contribution >= 4 is 16.7 Å². The summed E-state index contributed by atoms with van der Waals surface area (Å²) in [7, 11) is 0. The molecular formula is C29H47NO2. The van der Waals surface area contributed by atoms with Crippen LogP contribution in [0, 0.1) is 0 Å². The van der Waals surface area contributed by atoms with E-state index in [0.29, 0.717) is 5.56 Å². The van der Waals surface area contributed by atoms with Gasteiger partial charge in [0, 0.05) is 0 Å². The van der Waals surface area contributed by atoms with Gasteiger partial charge in [-0.2, -0.15) is 0 Å². The molecule has 0 bridgehead atoms. The second kappa shape index (κ2) is 19.8. The smallest absolute Gasteiger partial charge is 0.336 e. The first-order valence-corrected chi connectivity index (χ1v) is 13.1. The molecule has 0 radical (unpaired) electrons. The summed E-state index contributed by atoms with van der Waals surface area (Å²) in [6, 6.07) is 12.7. The number of aromatic carboxylic acids is 1. The highest BCUT2D eigenvalue weighted by Gasteiger charge is 2.05. The summed E-state index contributed by atoms with van der Waals surface area (Å²) in [5.41, 5.74) is 5.84. The van der Waals surface area contributed by atoms with Gasteiger partial charge in [-0.05, 0) is 29.8 Å². The number of carbonyl (C=O) groups is 1. The lowest BCUT2D eigenvalue weighted by Crippen LogP contribution is -1.97. The van der Waals surface area contributed by atoms with E-state index in [0.717, 1.165) is 17.3 Å². The molecule has 3 nitrogen and oxygen atoms in total. The summed E-state index contributed by atoms with van der Waals surface area (Å²) in [6.07, 6.45) is 22.9. The zero-order valence-corrected chi connectivity index (χ0v) is 20.5. The molecule has 0 aliphatic rings. The molecule has 2 rings (SSSR count). The Balaban J connectivity index is 0.000000339. The number of nitrogens with two attached hydrogens (primary N) is 1. The predicted molar refractivity (Wildman–Crippen MR) is 140 cm³/mol. The molecule has 0 aromatic heterocycles. The minimum Gasteiger partial charge on any atom is -0.478 e. The predicted octanol–water partition coefficient (Wildman–Crippen LogP) is 8.74. The Hall–Kier alpha value is -1.87. The molecule has 32 heavy (non-hydrogen) atoms. The van der Waals surface area contributed by atoms with Gasteiger partial charge in [-0.25, -0.2) is 4.79 Å². The van der Waals surface area contributed by atoms with E-state index in [4.69, 9.17) is 10.8 Å². The molecule has 0 heterocycles. The average Bonchev–Trinajstić information content (AvgIpc) is 2.81. The van der Waals surface area contributed by atoms with E-state index in [2.05, 4.69) is 6.92 Å². The quantitative estimate of drug-likeness (QED) is 0.241. The maximum absolute atomic E-state index is 10.8. The van der Waals surface area contributed by atoms with Crippen molar-refractivity contribution in [1.29, 1.82) is 0 Å². The first-order valence-electron chi connectivity index (χ1n) is 13.1. The third-order valence-corrected chi connectivity index (χ3v) is 6.08. The first-order chi connectivity index (χ1) is 15.7. The Morgan fingerprint density at radius 1 is 0.656 bits per heavy atom. The van der Waals surface area contributed by atoms with E-state index < -0.39 is 5.97 Å². The number of hydrogen-bond acceptors (Lipinski definition) is 2. The van der Waals surface area contributed by atoms with Gasteiger partial charge >= 0.3 is 5.97 Å². The van der Waals surface area contributed by atoms with E-state index >= 15 is 0 Å². The van der Waals surface area contributed by atoms with Crippen molar-refractivity contribution in [3.63, 3.8) is 0 Å². The standard InChI is InChI=1S/C18H39N.C11H8O2/c1-2-3-4-5-6-7-8-9-10-11-12-13-14-15-16-17-18-19;12-11(13)10-7-3-5-8-4-1-2-6-9(8)10/h2-19H2,1H3;1-7H,(H,12,13). The average molecular weight is 442 g/mol. The van der Waals surface area contributed by atoms with Crippen LogP contribution >= 0.6 is 0 Å². The van der Waals surface area contributed by atoms with Gasteiger partial charge in [0.25, 0.3) is 0 Å². The molecule has 0 saturated carbocycles. The molecule has 0 atom stereocenters. The second-order valence-corrected chi connectivity index (χ2v) is 8.92. The zero-order chi connectivity index (χ0) is 23.3. The Labute approximate surface area is 196 Å². The van der Waals surface area contributed by atoms with Gasteiger partial charge in [0.15, 0.2) is 0 Å². The zero-order valence-electron chi connectivity index (χ0n) is 20.5. The van der Waals surface area contributed by atoms with Gasteiger partial charge in [0.1, 0.15) is 0 Å². The molecule has 3 heteroatoms. The molecule has 0 spiro atoms. The van der Waals surface area contributed by atoms with Crippen LogP contribution < -0.4 is 5.73 Å². The van der Waals surface area contributed by atoms with Crippen LogP contribution in [0.2, 0.25) is 0 Å². The van der Waals surface area contributed by atoms with Crippen LogP contribution in [-0.2, 0) is 0 Å². The molecule has 0 saturated heterocycles. The fourth-order valence-electron chi connectivity index (χ4n) is 4.10. The van der Waals surface area contributed by atoms with E-state index in [-0.39, 0.29) is 0 Å². The molecule has 180 valence electrons. The van der Waals surface area contributed by atoms with Crippen LogP contribution in [0.1, 0.15) is 120 Å². The summed E-state index contributed by atoms with van der Waals surface area (Å²) >= 11 is 0. The largest absolute Gasteiger partial charge is 0.478 e. The minimum atomic E-state index is -0.878. The molecule has 0 amide bonds. The summed E-state index contributed by atoms with van der Waals surface area (Å²) in [5, 5.41) is 10.6. The topological polar surface area (TPSA) is 63.3 Å². The van der Waals surface area contributed by atoms with Gasteiger partial charge in [0.2, 0.25) is 0 Å². The lowest BCUT2D eigenvalue weighted by atomic mass is 10.0. The Morgan fingerprint density at radius 3 is 1.56 bits per heavy atom. The number of unbranched alkanes of at least 4 members (excludes halogenated alkanes) is 15. The first kappa shape index (κ1) is 28.2. The van der Waals surface area contributed by atoms with Crippen molar-refractivity contribution in [3.8, 4) is 0 Å². The number of hydrogen-bond donors (Lipinski definition) is 2. The fourth-order valence-corrected chi connectivity index (χ4v) is 4.10. The number of carboxylic acids is 1. The van der Waals surface area contributed by atoms with Crippen molar-refractivity contribution in [1.82, 2.24) is 0 Å². The van der Waals surface area contributed by atoms with Crippen LogP contribution in [0.25, 0.3) is 10.8 Å². The van der Waals surface area contributed by atoms with Gasteiger partial charge in [0.05, 0.1) is 5.56 Å². The van der Waals surface area contributed by atoms with Gasteiger partial charge in [-0.15, -0.1) is 0 Å². The van der Waals surface area contributed by atoms with E-state index in [1.54, 1.807) is 12.1 Å². The van der Waals surface area contributed by atoms with Crippen LogP contribution in [0.3, 0.4) is 0 Å². The van der Waals surface area contributed by atoms with E-state index in [9.17, 15) is 4.79 Å². The molecule has 0 unspecified atom stereocenters. The Kier molecular flexibility index (Phi) is 17.4. The Bertz CT molecular complexity index is 692. The lowest BCUT2D eigenvalue weighted by molar-refractivity contribution is 0.0699. The monoisotopic (exact) mass is 441 g/mol. The van der Waals surface area contributed by atoms with Gasteiger partial charge < -0.3 is 10.8 Å². The maximum Gasteiger partial charge on any atom is 0.336 e. The molecule has 0 aliphatic carbocycles. The number of fused-ring (bicyclic) bond motifs is 1. The van der Waals surface area contributed by atoms with Crippen LogP contribution in [0.15, 0.2) is 42.5 Å². The second-order valence-electron chi connectivity index (χ2n) is 8.92. The molecule has 2 aromatic rings. The number of benzene rings is 2. The molecule has 3 N–H and O–H groups in total. The molecule has 0 aliphatic heterocycles. The summed E-state index contributed by atoms with van der Waals surface area (Å²) in [6.45, 7) is 3.16. The summed E-state index contributed by atoms with van der Waals surface area (Å²) in [4.78, 5) is 10.8. The number of rotatable bonds is 17. The highest BCUT2D eigenvalue weighted by atomic mass is 16.4. The third-order valence-electron chi connectivity index (χ3n) is 6.08. The summed E-state index contributed by atoms with van der Waals surface area (Å²) in [5.74, 6) is -0.878. The molecule has 0 fully saturated rings. The Morgan fingerprint density at radius 2 is 1.09 bits per heavy atom. The SMILES string of the molecule is CCCCCCCCCCCCCCCCCCN.O=C(O)c1cccc2ccccc12. The molecule has 2 aromatic carbocycles.